The quantitative estimate of drug-likeness (QED) is 0.697. The number of hydrogen-bond donors (Lipinski definition) is 2. The van der Waals surface area contributed by atoms with E-state index in [9.17, 15) is 5.26 Å². The molecule has 2 N–H and O–H groups in total. The van der Waals surface area contributed by atoms with Crippen molar-refractivity contribution in [3.63, 3.8) is 0 Å². The number of rotatable bonds is 2. The highest BCUT2D eigenvalue weighted by atomic mass is 15.1. The molecule has 4 heteroatoms. The minimum absolute atomic E-state index is 0.552. The normalized spacial score (nSPS) is 17.7. The van der Waals surface area contributed by atoms with Crippen LogP contribution in [0.4, 0.5) is 5.82 Å². The number of benzene rings is 1. The molecule has 3 aromatic rings. The van der Waals surface area contributed by atoms with Crippen LogP contribution in [0.15, 0.2) is 24.3 Å². The molecule has 2 aliphatic rings. The first kappa shape index (κ1) is 14.8. The fourth-order valence-corrected chi connectivity index (χ4v) is 4.76. The topological polar surface area (TPSA) is 55.7 Å². The lowest BCUT2D eigenvalue weighted by Crippen LogP contribution is -2.34. The Hall–Kier alpha value is -2.54. The Bertz CT molecular complexity index is 1000. The summed E-state index contributed by atoms with van der Waals surface area (Å²) in [5, 5.41) is 13.7. The molecule has 0 saturated heterocycles. The second-order valence-corrected chi connectivity index (χ2v) is 7.45. The van der Waals surface area contributed by atoms with Gasteiger partial charge in [-0.2, -0.15) is 9.66 Å². The van der Waals surface area contributed by atoms with Crippen LogP contribution in [0.25, 0.3) is 16.7 Å². The van der Waals surface area contributed by atoms with E-state index in [1.54, 1.807) is 0 Å². The molecule has 0 spiro atoms. The van der Waals surface area contributed by atoms with Crippen molar-refractivity contribution in [2.75, 3.05) is 5.32 Å². The molecule has 5 rings (SSSR count). The fraction of sp³-hybridized carbons (Fsp3) is 0.429. The molecule has 2 aliphatic carbocycles. The summed E-state index contributed by atoms with van der Waals surface area (Å²) in [6.45, 7) is 0. The van der Waals surface area contributed by atoms with Crippen molar-refractivity contribution in [3.05, 3.63) is 41.0 Å². The average Bonchev–Trinajstić information content (AvgIpc) is 3.27. The molecule has 126 valence electrons. The van der Waals surface area contributed by atoms with E-state index in [4.69, 9.17) is 0 Å². The number of imidazole rings is 1. The number of hydrogen-bond acceptors (Lipinski definition) is 2. The van der Waals surface area contributed by atoms with E-state index >= 15 is 0 Å². The van der Waals surface area contributed by atoms with Crippen molar-refractivity contribution in [3.8, 4) is 6.07 Å². The summed E-state index contributed by atoms with van der Waals surface area (Å²) in [4.78, 5) is 3.51. The van der Waals surface area contributed by atoms with Gasteiger partial charge in [0.15, 0.2) is 0 Å². The molecular formula is C21H23N4+. The number of anilines is 1. The Labute approximate surface area is 147 Å². The molecule has 1 aromatic carbocycles. The predicted octanol–water partition coefficient (Wildman–Crippen LogP) is 4.01. The minimum Gasteiger partial charge on any atom is -0.302 e. The van der Waals surface area contributed by atoms with Crippen molar-refractivity contribution in [2.24, 2.45) is 0 Å². The Kier molecular flexibility index (Phi) is 3.41. The Morgan fingerprint density at radius 2 is 1.84 bits per heavy atom. The number of aromatic amines is 1. The van der Waals surface area contributed by atoms with E-state index in [1.165, 1.54) is 49.0 Å². The summed E-state index contributed by atoms with van der Waals surface area (Å²) in [6.07, 6.45) is 9.73. The van der Waals surface area contributed by atoms with E-state index in [1.807, 2.05) is 6.07 Å². The van der Waals surface area contributed by atoms with Gasteiger partial charge in [0, 0.05) is 5.56 Å². The molecule has 1 fully saturated rings. The van der Waals surface area contributed by atoms with Crippen molar-refractivity contribution >= 4 is 22.5 Å². The number of nitrogens with zero attached hydrogens (tertiary/aromatic N) is 2. The molecule has 0 bridgehead atoms. The molecule has 4 nitrogen and oxygen atoms in total. The van der Waals surface area contributed by atoms with E-state index in [0.717, 1.165) is 41.5 Å². The van der Waals surface area contributed by atoms with Crippen molar-refractivity contribution < 1.29 is 4.40 Å². The second kappa shape index (κ2) is 5.77. The van der Waals surface area contributed by atoms with Crippen molar-refractivity contribution in [1.82, 2.24) is 4.98 Å². The van der Waals surface area contributed by atoms with Gasteiger partial charge in [-0.05, 0) is 49.8 Å². The van der Waals surface area contributed by atoms with Crippen LogP contribution in [0, 0.1) is 11.3 Å². The molecule has 1 saturated carbocycles. The fourth-order valence-electron chi connectivity index (χ4n) is 4.76. The minimum atomic E-state index is 0.552. The summed E-state index contributed by atoms with van der Waals surface area (Å²) in [5.74, 6) is 1.23. The SMILES string of the molecule is N#Cc1c2c(c(NC3CCCCC3)[n+]3c1[nH]c1ccccc13)CCC2. The van der Waals surface area contributed by atoms with Crippen molar-refractivity contribution in [1.29, 1.82) is 5.26 Å². The molecule has 0 atom stereocenters. The van der Waals surface area contributed by atoms with Gasteiger partial charge in [0.25, 0.3) is 0 Å². The molecule has 25 heavy (non-hydrogen) atoms. The highest BCUT2D eigenvalue weighted by Crippen LogP contribution is 2.33. The largest absolute Gasteiger partial charge is 0.302 e. The lowest BCUT2D eigenvalue weighted by atomic mass is 9.95. The van der Waals surface area contributed by atoms with E-state index in [0.29, 0.717) is 6.04 Å². The van der Waals surface area contributed by atoms with Gasteiger partial charge in [-0.1, -0.05) is 31.4 Å². The van der Waals surface area contributed by atoms with Gasteiger partial charge in [0.2, 0.25) is 11.5 Å². The van der Waals surface area contributed by atoms with Gasteiger partial charge in [-0.3, -0.25) is 4.98 Å². The standard InChI is InChI=1S/C21H22N4/c22-13-17-15-9-6-10-16(15)20(23-14-7-2-1-3-8-14)25-19-12-5-4-11-18(19)24-21(17)25/h4-5,11-12,14H,1-3,6-10H2,(H,23,24)/p+1. The maximum Gasteiger partial charge on any atom is 0.250 e. The summed E-state index contributed by atoms with van der Waals surface area (Å²) in [7, 11) is 0. The Morgan fingerprint density at radius 1 is 1.04 bits per heavy atom. The molecule has 0 radical (unpaired) electrons. The van der Waals surface area contributed by atoms with Crippen LogP contribution >= 0.6 is 0 Å². The smallest absolute Gasteiger partial charge is 0.250 e. The lowest BCUT2D eigenvalue weighted by molar-refractivity contribution is -0.465. The highest BCUT2D eigenvalue weighted by molar-refractivity contribution is 5.78. The maximum atomic E-state index is 9.83. The maximum absolute atomic E-state index is 9.83. The third-order valence-corrected chi connectivity index (χ3v) is 5.95. The number of nitrogens with one attached hydrogen (secondary N) is 2. The van der Waals surface area contributed by atoms with Crippen LogP contribution in [-0.2, 0) is 12.8 Å². The summed E-state index contributed by atoms with van der Waals surface area (Å²) in [6, 6.07) is 11.4. The molecular weight excluding hydrogens is 308 g/mol. The van der Waals surface area contributed by atoms with Gasteiger partial charge in [-0.25, -0.2) is 0 Å². The van der Waals surface area contributed by atoms with E-state index in [2.05, 4.69) is 39.0 Å². The van der Waals surface area contributed by atoms with Gasteiger partial charge < -0.3 is 5.32 Å². The van der Waals surface area contributed by atoms with Gasteiger partial charge in [0.1, 0.15) is 22.7 Å². The zero-order chi connectivity index (χ0) is 16.8. The predicted molar refractivity (Wildman–Crippen MR) is 98.7 cm³/mol. The van der Waals surface area contributed by atoms with Crippen LogP contribution in [0.2, 0.25) is 0 Å². The van der Waals surface area contributed by atoms with Gasteiger partial charge in [-0.15, -0.1) is 0 Å². The zero-order valence-electron chi connectivity index (χ0n) is 14.4. The number of nitriles is 1. The molecule has 0 unspecified atom stereocenters. The number of fused-ring (bicyclic) bond motifs is 4. The monoisotopic (exact) mass is 331 g/mol. The number of para-hydroxylation sites is 2. The van der Waals surface area contributed by atoms with Crippen LogP contribution in [0.3, 0.4) is 0 Å². The number of pyridine rings is 1. The lowest BCUT2D eigenvalue weighted by Gasteiger charge is -2.22. The Morgan fingerprint density at radius 3 is 2.68 bits per heavy atom. The van der Waals surface area contributed by atoms with Crippen LogP contribution in [0.1, 0.15) is 55.2 Å². The van der Waals surface area contributed by atoms with Crippen LogP contribution < -0.4 is 9.72 Å². The first-order valence-corrected chi connectivity index (χ1v) is 9.53. The third kappa shape index (κ3) is 2.22. The Balaban J connectivity index is 1.80. The highest BCUT2D eigenvalue weighted by Gasteiger charge is 2.31. The van der Waals surface area contributed by atoms with Crippen molar-refractivity contribution in [2.45, 2.75) is 57.4 Å². The average molecular weight is 331 g/mol. The van der Waals surface area contributed by atoms with Gasteiger partial charge in [0.05, 0.1) is 6.04 Å². The van der Waals surface area contributed by atoms with E-state index < -0.39 is 0 Å². The third-order valence-electron chi connectivity index (χ3n) is 5.95. The summed E-state index contributed by atoms with van der Waals surface area (Å²) >= 11 is 0. The summed E-state index contributed by atoms with van der Waals surface area (Å²) in [5.41, 5.74) is 6.65. The molecule has 2 aromatic heterocycles. The van der Waals surface area contributed by atoms with Gasteiger partial charge >= 0.3 is 0 Å². The van der Waals surface area contributed by atoms with Crippen LogP contribution in [0.5, 0.6) is 0 Å². The molecule has 0 aliphatic heterocycles. The van der Waals surface area contributed by atoms with Crippen LogP contribution in [-0.4, -0.2) is 11.0 Å². The summed E-state index contributed by atoms with van der Waals surface area (Å²) < 4.78 is 2.27. The molecule has 0 amide bonds. The molecule has 2 heterocycles. The number of aromatic nitrogens is 2. The first-order chi connectivity index (χ1) is 12.4. The first-order valence-electron chi connectivity index (χ1n) is 9.53. The van der Waals surface area contributed by atoms with E-state index in [-0.39, 0.29) is 0 Å². The second-order valence-electron chi connectivity index (χ2n) is 7.45. The zero-order valence-corrected chi connectivity index (χ0v) is 14.4. The number of H-pyrrole nitrogens is 1.